The molecule has 0 aromatic carbocycles. The Labute approximate surface area is 106 Å². The average molecular weight is 257 g/mol. The number of rotatable bonds is 6. The van der Waals surface area contributed by atoms with Crippen molar-refractivity contribution in [2.45, 2.75) is 26.7 Å². The van der Waals surface area contributed by atoms with Gasteiger partial charge in [-0.25, -0.2) is 9.78 Å². The molecule has 0 spiro atoms. The molecule has 0 bridgehead atoms. The van der Waals surface area contributed by atoms with Gasteiger partial charge in [0.1, 0.15) is 5.82 Å². The van der Waals surface area contributed by atoms with Crippen LogP contribution in [0.25, 0.3) is 0 Å². The molecule has 2 N–H and O–H groups in total. The molecule has 1 aromatic rings. The minimum Gasteiger partial charge on any atom is -0.478 e. The summed E-state index contributed by atoms with van der Waals surface area (Å²) in [6.45, 7) is 5.14. The second kappa shape index (κ2) is 6.45. The zero-order valence-electron chi connectivity index (χ0n) is 10.0. The zero-order chi connectivity index (χ0) is 12.8. The first-order valence-electron chi connectivity index (χ1n) is 5.63. The zero-order valence-corrected chi connectivity index (χ0v) is 10.8. The third-order valence-corrected chi connectivity index (χ3v) is 2.63. The number of carboxylic acids is 1. The number of halogens is 1. The summed E-state index contributed by atoms with van der Waals surface area (Å²) in [7, 11) is 0. The lowest BCUT2D eigenvalue weighted by Crippen LogP contribution is -2.06. The molecule has 0 radical (unpaired) electrons. The molecule has 5 heteroatoms. The van der Waals surface area contributed by atoms with Gasteiger partial charge in [-0.15, -0.1) is 0 Å². The van der Waals surface area contributed by atoms with E-state index >= 15 is 0 Å². The number of carbonyl (C=O) groups is 1. The normalized spacial score (nSPS) is 10.6. The van der Waals surface area contributed by atoms with Crippen LogP contribution in [0.15, 0.2) is 12.3 Å². The number of nitrogens with zero attached hydrogens (tertiary/aromatic N) is 1. The minimum atomic E-state index is -1.02. The van der Waals surface area contributed by atoms with Crippen molar-refractivity contribution in [3.8, 4) is 0 Å². The van der Waals surface area contributed by atoms with E-state index in [1.807, 2.05) is 0 Å². The van der Waals surface area contributed by atoms with E-state index in [1.165, 1.54) is 12.3 Å². The van der Waals surface area contributed by atoms with Gasteiger partial charge in [-0.1, -0.05) is 25.4 Å². The van der Waals surface area contributed by atoms with Gasteiger partial charge >= 0.3 is 5.97 Å². The Morgan fingerprint density at radius 1 is 1.59 bits per heavy atom. The minimum absolute atomic E-state index is 0.0998. The molecule has 1 heterocycles. The van der Waals surface area contributed by atoms with Gasteiger partial charge in [0.15, 0.2) is 0 Å². The topological polar surface area (TPSA) is 62.2 Å². The van der Waals surface area contributed by atoms with Crippen LogP contribution in [0.4, 0.5) is 5.82 Å². The first-order chi connectivity index (χ1) is 8.00. The van der Waals surface area contributed by atoms with Gasteiger partial charge in [-0.2, -0.15) is 0 Å². The fourth-order valence-corrected chi connectivity index (χ4v) is 1.64. The summed E-state index contributed by atoms with van der Waals surface area (Å²) < 4.78 is 0. The molecule has 0 amide bonds. The molecule has 17 heavy (non-hydrogen) atoms. The van der Waals surface area contributed by atoms with Crippen LogP contribution in [-0.4, -0.2) is 22.6 Å². The highest BCUT2D eigenvalue weighted by Crippen LogP contribution is 2.20. The summed E-state index contributed by atoms with van der Waals surface area (Å²) >= 11 is 5.93. The molecular weight excluding hydrogens is 240 g/mol. The molecule has 0 fully saturated rings. The first-order valence-corrected chi connectivity index (χ1v) is 6.01. The molecule has 0 saturated heterocycles. The van der Waals surface area contributed by atoms with Crippen molar-refractivity contribution in [2.75, 3.05) is 11.9 Å². The van der Waals surface area contributed by atoms with Gasteiger partial charge in [0.05, 0.1) is 10.6 Å². The molecule has 0 aliphatic rings. The van der Waals surface area contributed by atoms with Gasteiger partial charge < -0.3 is 10.4 Å². The second-order valence-corrected chi connectivity index (χ2v) is 4.73. The van der Waals surface area contributed by atoms with Gasteiger partial charge in [-0.3, -0.25) is 0 Å². The van der Waals surface area contributed by atoms with E-state index in [2.05, 4.69) is 24.1 Å². The summed E-state index contributed by atoms with van der Waals surface area (Å²) in [6, 6.07) is 1.40. The van der Waals surface area contributed by atoms with Crippen LogP contribution in [0, 0.1) is 5.92 Å². The molecule has 0 unspecified atom stereocenters. The van der Waals surface area contributed by atoms with E-state index < -0.39 is 5.97 Å². The van der Waals surface area contributed by atoms with Crippen LogP contribution in [0.3, 0.4) is 0 Å². The summed E-state index contributed by atoms with van der Waals surface area (Å²) in [5, 5.41) is 12.2. The summed E-state index contributed by atoms with van der Waals surface area (Å²) in [4.78, 5) is 14.7. The fourth-order valence-electron chi connectivity index (χ4n) is 1.40. The summed E-state index contributed by atoms with van der Waals surface area (Å²) in [5.74, 6) is 0.195. The quantitative estimate of drug-likeness (QED) is 0.767. The lowest BCUT2D eigenvalue weighted by atomic mass is 10.1. The molecule has 4 nitrogen and oxygen atoms in total. The van der Waals surface area contributed by atoms with E-state index in [0.29, 0.717) is 16.8 Å². The van der Waals surface area contributed by atoms with Crippen molar-refractivity contribution < 1.29 is 9.90 Å². The van der Waals surface area contributed by atoms with E-state index in [-0.39, 0.29) is 5.56 Å². The van der Waals surface area contributed by atoms with Crippen molar-refractivity contribution in [2.24, 2.45) is 5.92 Å². The molecule has 1 aromatic heterocycles. The molecule has 0 aliphatic carbocycles. The Kier molecular flexibility index (Phi) is 5.22. The maximum absolute atomic E-state index is 10.7. The van der Waals surface area contributed by atoms with Crippen LogP contribution in [0.5, 0.6) is 0 Å². The van der Waals surface area contributed by atoms with E-state index in [0.717, 1.165) is 19.4 Å². The molecule has 1 rings (SSSR count). The van der Waals surface area contributed by atoms with Gasteiger partial charge in [0, 0.05) is 12.7 Å². The maximum atomic E-state index is 10.7. The van der Waals surface area contributed by atoms with Crippen LogP contribution >= 0.6 is 11.6 Å². The molecule has 0 saturated carbocycles. The predicted molar refractivity (Wildman–Crippen MR) is 68.8 cm³/mol. The molecule has 0 aliphatic heterocycles. The fraction of sp³-hybridized carbons (Fsp3) is 0.500. The highest BCUT2D eigenvalue weighted by Gasteiger charge is 2.07. The maximum Gasteiger partial charge on any atom is 0.337 e. The number of hydrogen-bond donors (Lipinski definition) is 2. The predicted octanol–water partition coefficient (Wildman–Crippen LogP) is 3.28. The monoisotopic (exact) mass is 256 g/mol. The van der Waals surface area contributed by atoms with Gasteiger partial charge in [-0.05, 0) is 24.8 Å². The van der Waals surface area contributed by atoms with Crippen LogP contribution in [0.2, 0.25) is 5.02 Å². The van der Waals surface area contributed by atoms with Crippen molar-refractivity contribution in [3.05, 3.63) is 22.8 Å². The smallest absolute Gasteiger partial charge is 0.337 e. The van der Waals surface area contributed by atoms with E-state index in [1.54, 1.807) is 0 Å². The Morgan fingerprint density at radius 2 is 2.29 bits per heavy atom. The van der Waals surface area contributed by atoms with Crippen LogP contribution in [0.1, 0.15) is 37.0 Å². The number of pyridine rings is 1. The van der Waals surface area contributed by atoms with Gasteiger partial charge in [0.25, 0.3) is 0 Å². The average Bonchev–Trinajstić information content (AvgIpc) is 2.25. The number of hydrogen-bond acceptors (Lipinski definition) is 3. The molecule has 94 valence electrons. The van der Waals surface area contributed by atoms with Crippen molar-refractivity contribution >= 4 is 23.4 Å². The number of nitrogens with one attached hydrogen (secondary N) is 1. The molecule has 0 atom stereocenters. The lowest BCUT2D eigenvalue weighted by Gasteiger charge is -2.08. The molecular formula is C12H17ClN2O2. The number of aromatic nitrogens is 1. The highest BCUT2D eigenvalue weighted by molar-refractivity contribution is 6.33. The van der Waals surface area contributed by atoms with Crippen LogP contribution in [-0.2, 0) is 0 Å². The number of anilines is 1. The van der Waals surface area contributed by atoms with E-state index in [9.17, 15) is 4.79 Å². The third-order valence-electron chi connectivity index (χ3n) is 2.34. The highest BCUT2D eigenvalue weighted by atomic mass is 35.5. The second-order valence-electron chi connectivity index (χ2n) is 4.32. The SMILES string of the molecule is CC(C)CCCNc1ncc(C(=O)O)cc1Cl. The van der Waals surface area contributed by atoms with Crippen molar-refractivity contribution in [3.63, 3.8) is 0 Å². The van der Waals surface area contributed by atoms with Crippen LogP contribution < -0.4 is 5.32 Å². The Hall–Kier alpha value is -1.29. The third kappa shape index (κ3) is 4.61. The Balaban J connectivity index is 2.52. The standard InChI is InChI=1S/C12H17ClN2O2/c1-8(2)4-3-5-14-11-10(13)6-9(7-15-11)12(16)17/h6-8H,3-5H2,1-2H3,(H,14,15)(H,16,17). The van der Waals surface area contributed by atoms with Gasteiger partial charge in [0.2, 0.25) is 0 Å². The summed E-state index contributed by atoms with van der Waals surface area (Å²) in [6.07, 6.45) is 3.48. The Bertz CT molecular complexity index is 394. The number of aromatic carboxylic acids is 1. The first kappa shape index (κ1) is 13.8. The number of carboxylic acid groups (broad SMARTS) is 1. The Morgan fingerprint density at radius 3 is 2.82 bits per heavy atom. The largest absolute Gasteiger partial charge is 0.478 e. The lowest BCUT2D eigenvalue weighted by molar-refractivity contribution is 0.0696. The van der Waals surface area contributed by atoms with Crippen molar-refractivity contribution in [1.29, 1.82) is 0 Å². The van der Waals surface area contributed by atoms with Crippen molar-refractivity contribution in [1.82, 2.24) is 4.98 Å². The van der Waals surface area contributed by atoms with E-state index in [4.69, 9.17) is 16.7 Å². The summed E-state index contributed by atoms with van der Waals surface area (Å²) in [5.41, 5.74) is 0.0998.